The van der Waals surface area contributed by atoms with E-state index in [1.54, 1.807) is 7.11 Å². The number of likely N-dealkylation sites (N-methyl/N-ethyl adjacent to an activating group) is 1. The van der Waals surface area contributed by atoms with Crippen molar-refractivity contribution in [1.82, 2.24) is 4.90 Å². The SMILES string of the molecule is CCN(CCCC#N)CCOC. The van der Waals surface area contributed by atoms with Gasteiger partial charge in [-0.2, -0.15) is 5.26 Å². The fourth-order valence-corrected chi connectivity index (χ4v) is 1.03. The van der Waals surface area contributed by atoms with Crippen LogP contribution in [-0.2, 0) is 4.74 Å². The summed E-state index contributed by atoms with van der Waals surface area (Å²) in [5.74, 6) is 0. The van der Waals surface area contributed by atoms with Crippen molar-refractivity contribution in [3.63, 3.8) is 0 Å². The molecule has 0 rings (SSSR count). The second kappa shape index (κ2) is 8.51. The van der Waals surface area contributed by atoms with E-state index in [0.29, 0.717) is 6.42 Å². The number of ether oxygens (including phenoxy) is 1. The summed E-state index contributed by atoms with van der Waals surface area (Å²) in [4.78, 5) is 2.29. The molecule has 0 spiro atoms. The molecule has 0 aromatic carbocycles. The Hall–Kier alpha value is -0.590. The molecule has 0 bridgehead atoms. The van der Waals surface area contributed by atoms with Crippen molar-refractivity contribution >= 4 is 0 Å². The first-order valence-electron chi connectivity index (χ1n) is 4.43. The van der Waals surface area contributed by atoms with E-state index >= 15 is 0 Å². The Kier molecular flexibility index (Phi) is 8.09. The summed E-state index contributed by atoms with van der Waals surface area (Å²) in [5, 5.41) is 8.33. The normalized spacial score (nSPS) is 10.2. The monoisotopic (exact) mass is 170 g/mol. The molecule has 0 radical (unpaired) electrons. The van der Waals surface area contributed by atoms with Gasteiger partial charge in [-0.15, -0.1) is 0 Å². The maximum Gasteiger partial charge on any atom is 0.0622 e. The van der Waals surface area contributed by atoms with Gasteiger partial charge in [0.15, 0.2) is 0 Å². The van der Waals surface area contributed by atoms with Crippen LogP contribution in [-0.4, -0.2) is 38.3 Å². The lowest BCUT2D eigenvalue weighted by Gasteiger charge is -2.18. The molecule has 0 aromatic heterocycles. The molecule has 0 atom stereocenters. The predicted molar refractivity (Wildman–Crippen MR) is 48.8 cm³/mol. The average molecular weight is 170 g/mol. The van der Waals surface area contributed by atoms with E-state index in [9.17, 15) is 0 Å². The average Bonchev–Trinajstić information content (AvgIpc) is 2.11. The van der Waals surface area contributed by atoms with E-state index in [2.05, 4.69) is 17.9 Å². The molecule has 70 valence electrons. The second-order valence-electron chi connectivity index (χ2n) is 2.69. The molecule has 3 nitrogen and oxygen atoms in total. The molecule has 0 N–H and O–H groups in total. The molecule has 0 heterocycles. The molecule has 12 heavy (non-hydrogen) atoms. The predicted octanol–water partition coefficient (Wildman–Crippen LogP) is 1.26. The number of nitriles is 1. The largest absolute Gasteiger partial charge is 0.383 e. The highest BCUT2D eigenvalue weighted by Gasteiger charge is 1.99. The smallest absolute Gasteiger partial charge is 0.0622 e. The molecule has 0 aliphatic rings. The van der Waals surface area contributed by atoms with Gasteiger partial charge in [-0.3, -0.25) is 0 Å². The van der Waals surface area contributed by atoms with Crippen molar-refractivity contribution in [1.29, 1.82) is 5.26 Å². The molecule has 3 heteroatoms. The maximum atomic E-state index is 8.33. The summed E-state index contributed by atoms with van der Waals surface area (Å²) in [6.45, 7) is 5.92. The number of hydrogen-bond acceptors (Lipinski definition) is 3. The Labute approximate surface area is 74.9 Å². The van der Waals surface area contributed by atoms with Gasteiger partial charge < -0.3 is 9.64 Å². The molecule has 0 saturated heterocycles. The summed E-state index contributed by atoms with van der Waals surface area (Å²) >= 11 is 0. The molecule has 0 aliphatic heterocycles. The van der Waals surface area contributed by atoms with E-state index in [4.69, 9.17) is 10.00 Å². The molecule has 0 fully saturated rings. The summed E-state index contributed by atoms with van der Waals surface area (Å²) in [5.41, 5.74) is 0. The molecular weight excluding hydrogens is 152 g/mol. The molecule has 0 aromatic rings. The zero-order valence-corrected chi connectivity index (χ0v) is 8.05. The van der Waals surface area contributed by atoms with Gasteiger partial charge in [-0.05, 0) is 19.5 Å². The van der Waals surface area contributed by atoms with Gasteiger partial charge in [-0.1, -0.05) is 6.92 Å². The Morgan fingerprint density at radius 3 is 2.67 bits per heavy atom. The van der Waals surface area contributed by atoms with Gasteiger partial charge in [0.05, 0.1) is 12.7 Å². The highest BCUT2D eigenvalue weighted by atomic mass is 16.5. The van der Waals surface area contributed by atoms with E-state index in [1.165, 1.54) is 0 Å². The standard InChI is InChI=1S/C9H18N2O/c1-3-11(8-9-12-2)7-5-4-6-10/h3-5,7-9H2,1-2H3. The van der Waals surface area contributed by atoms with Crippen LogP contribution in [0.3, 0.4) is 0 Å². The minimum Gasteiger partial charge on any atom is -0.383 e. The van der Waals surface area contributed by atoms with Gasteiger partial charge in [0, 0.05) is 20.1 Å². The first-order valence-corrected chi connectivity index (χ1v) is 4.43. The van der Waals surface area contributed by atoms with E-state index < -0.39 is 0 Å². The topological polar surface area (TPSA) is 36.3 Å². The van der Waals surface area contributed by atoms with E-state index in [0.717, 1.165) is 32.7 Å². The number of unbranched alkanes of at least 4 members (excludes halogenated alkanes) is 1. The lowest BCUT2D eigenvalue weighted by molar-refractivity contribution is 0.150. The highest BCUT2D eigenvalue weighted by molar-refractivity contribution is 4.69. The van der Waals surface area contributed by atoms with Crippen molar-refractivity contribution in [3.8, 4) is 6.07 Å². The molecule has 0 amide bonds. The minimum absolute atomic E-state index is 0.656. The van der Waals surface area contributed by atoms with E-state index in [-0.39, 0.29) is 0 Å². The van der Waals surface area contributed by atoms with Crippen LogP contribution in [0.1, 0.15) is 19.8 Å². The Balaban J connectivity index is 3.34. The third kappa shape index (κ3) is 6.14. The van der Waals surface area contributed by atoms with Crippen LogP contribution >= 0.6 is 0 Å². The van der Waals surface area contributed by atoms with Crippen LogP contribution in [0.4, 0.5) is 0 Å². The zero-order chi connectivity index (χ0) is 9.23. The lowest BCUT2D eigenvalue weighted by atomic mass is 10.3. The van der Waals surface area contributed by atoms with Crippen LogP contribution in [0.25, 0.3) is 0 Å². The second-order valence-corrected chi connectivity index (χ2v) is 2.69. The Morgan fingerprint density at radius 1 is 1.42 bits per heavy atom. The molecule has 0 aliphatic carbocycles. The summed E-state index contributed by atoms with van der Waals surface area (Å²) < 4.78 is 4.97. The van der Waals surface area contributed by atoms with Gasteiger partial charge >= 0.3 is 0 Å². The van der Waals surface area contributed by atoms with Gasteiger partial charge in [-0.25, -0.2) is 0 Å². The van der Waals surface area contributed by atoms with Gasteiger partial charge in [0.2, 0.25) is 0 Å². The minimum atomic E-state index is 0.656. The maximum absolute atomic E-state index is 8.33. The molecule has 0 unspecified atom stereocenters. The van der Waals surface area contributed by atoms with Gasteiger partial charge in [0.1, 0.15) is 0 Å². The highest BCUT2D eigenvalue weighted by Crippen LogP contribution is 1.93. The van der Waals surface area contributed by atoms with E-state index in [1.807, 2.05) is 0 Å². The fourth-order valence-electron chi connectivity index (χ4n) is 1.03. The van der Waals surface area contributed by atoms with Crippen molar-refractivity contribution in [2.24, 2.45) is 0 Å². The first kappa shape index (κ1) is 11.4. The van der Waals surface area contributed by atoms with Crippen molar-refractivity contribution in [2.75, 3.05) is 33.4 Å². The van der Waals surface area contributed by atoms with Crippen LogP contribution in [0.15, 0.2) is 0 Å². The van der Waals surface area contributed by atoms with Crippen LogP contribution in [0.5, 0.6) is 0 Å². The quantitative estimate of drug-likeness (QED) is 0.540. The van der Waals surface area contributed by atoms with Crippen LogP contribution in [0.2, 0.25) is 0 Å². The zero-order valence-electron chi connectivity index (χ0n) is 8.05. The number of methoxy groups -OCH3 is 1. The van der Waals surface area contributed by atoms with Crippen LogP contribution in [0, 0.1) is 11.3 Å². The fraction of sp³-hybridized carbons (Fsp3) is 0.889. The molecular formula is C9H18N2O. The third-order valence-electron chi connectivity index (χ3n) is 1.82. The first-order chi connectivity index (χ1) is 5.85. The molecule has 0 saturated carbocycles. The number of rotatable bonds is 7. The van der Waals surface area contributed by atoms with Crippen molar-refractivity contribution < 1.29 is 4.74 Å². The summed E-state index contributed by atoms with van der Waals surface area (Å²) in [6.07, 6.45) is 1.62. The third-order valence-corrected chi connectivity index (χ3v) is 1.82. The summed E-state index contributed by atoms with van der Waals surface area (Å²) in [7, 11) is 1.71. The number of nitrogens with zero attached hydrogens (tertiary/aromatic N) is 2. The Morgan fingerprint density at radius 2 is 2.17 bits per heavy atom. The van der Waals surface area contributed by atoms with Crippen LogP contribution < -0.4 is 0 Å². The Bertz CT molecular complexity index is 131. The van der Waals surface area contributed by atoms with Gasteiger partial charge in [0.25, 0.3) is 0 Å². The van der Waals surface area contributed by atoms with Crippen molar-refractivity contribution in [3.05, 3.63) is 0 Å². The summed E-state index contributed by atoms with van der Waals surface area (Å²) in [6, 6.07) is 2.15. The van der Waals surface area contributed by atoms with Crippen molar-refractivity contribution in [2.45, 2.75) is 19.8 Å². The number of hydrogen-bond donors (Lipinski definition) is 0. The lowest BCUT2D eigenvalue weighted by Crippen LogP contribution is -2.28.